The summed E-state index contributed by atoms with van der Waals surface area (Å²) in [6, 6.07) is 4.20. The number of carbonyl (C=O) groups is 1. The van der Waals surface area contributed by atoms with Crippen molar-refractivity contribution in [3.05, 3.63) is 24.0 Å². The number of aliphatic hydroxyl groups excluding tert-OH is 1. The summed E-state index contributed by atoms with van der Waals surface area (Å²) in [5.74, 6) is 4.54. The van der Waals surface area contributed by atoms with Crippen LogP contribution in [0, 0.1) is 11.2 Å². The van der Waals surface area contributed by atoms with Gasteiger partial charge in [0.2, 0.25) is 0 Å². The number of rotatable bonds is 7. The standard InChI is InChI=1S/C14H19FN6O3S/c15-11-5-9(21-6-10(7-22)24-14(21)23)1-2-12(11)20(8-16)4-3-18-13(25)19-17/h1-2,5,8,10,16,22H,3-4,6-7,17H2,(H2,18,19,25). The van der Waals surface area contributed by atoms with Crippen molar-refractivity contribution in [1.29, 1.82) is 5.41 Å². The number of amides is 1. The Morgan fingerprint density at radius 1 is 1.64 bits per heavy atom. The van der Waals surface area contributed by atoms with Gasteiger partial charge in [-0.3, -0.25) is 10.3 Å². The summed E-state index contributed by atoms with van der Waals surface area (Å²) in [4.78, 5) is 14.4. The Kier molecular flexibility index (Phi) is 6.44. The predicted molar refractivity (Wildman–Crippen MR) is 95.2 cm³/mol. The number of ether oxygens (including phenoxy) is 1. The maximum Gasteiger partial charge on any atom is 0.414 e. The third kappa shape index (κ3) is 4.53. The zero-order chi connectivity index (χ0) is 18.4. The quantitative estimate of drug-likeness (QED) is 0.148. The second kappa shape index (κ2) is 8.55. The van der Waals surface area contributed by atoms with Crippen LogP contribution in [-0.4, -0.2) is 55.0 Å². The van der Waals surface area contributed by atoms with E-state index >= 15 is 0 Å². The highest BCUT2D eigenvalue weighted by molar-refractivity contribution is 7.80. The van der Waals surface area contributed by atoms with Crippen LogP contribution >= 0.6 is 12.2 Å². The molecule has 0 aliphatic carbocycles. The molecule has 1 aliphatic rings. The fourth-order valence-electron chi connectivity index (χ4n) is 2.32. The molecule has 6 N–H and O–H groups in total. The first-order valence-corrected chi connectivity index (χ1v) is 7.81. The molecule has 0 saturated carbocycles. The van der Waals surface area contributed by atoms with Crippen molar-refractivity contribution < 1.29 is 19.0 Å². The van der Waals surface area contributed by atoms with E-state index in [1.54, 1.807) is 6.07 Å². The highest BCUT2D eigenvalue weighted by Gasteiger charge is 2.32. The number of hydrogen-bond acceptors (Lipinski definition) is 6. The van der Waals surface area contributed by atoms with Gasteiger partial charge in [-0.1, -0.05) is 0 Å². The van der Waals surface area contributed by atoms with E-state index in [0.29, 0.717) is 12.2 Å². The van der Waals surface area contributed by atoms with Gasteiger partial charge in [-0.05, 0) is 30.4 Å². The average Bonchev–Trinajstić information content (AvgIpc) is 3.00. The number of hydrogen-bond donors (Lipinski definition) is 5. The van der Waals surface area contributed by atoms with Crippen LogP contribution in [0.15, 0.2) is 18.2 Å². The van der Waals surface area contributed by atoms with Gasteiger partial charge in [0.1, 0.15) is 11.9 Å². The third-order valence-electron chi connectivity index (χ3n) is 3.56. The number of nitrogens with one attached hydrogen (secondary N) is 3. The zero-order valence-corrected chi connectivity index (χ0v) is 14.1. The first kappa shape index (κ1) is 18.8. The topological polar surface area (TPSA) is 127 Å². The van der Waals surface area contributed by atoms with Crippen molar-refractivity contribution in [2.24, 2.45) is 5.84 Å². The average molecular weight is 370 g/mol. The summed E-state index contributed by atoms with van der Waals surface area (Å²) in [6.07, 6.45) is -0.272. The predicted octanol–water partition coefficient (Wildman–Crippen LogP) is -0.106. The van der Waals surface area contributed by atoms with Crippen molar-refractivity contribution >= 4 is 41.1 Å². The van der Waals surface area contributed by atoms with E-state index in [9.17, 15) is 9.18 Å². The molecule has 1 atom stereocenters. The van der Waals surface area contributed by atoms with Gasteiger partial charge in [0.05, 0.1) is 30.9 Å². The number of halogens is 1. The molecule has 1 amide bonds. The van der Waals surface area contributed by atoms with E-state index in [-0.39, 0.29) is 30.5 Å². The van der Waals surface area contributed by atoms with Crippen LogP contribution in [0.25, 0.3) is 0 Å². The van der Waals surface area contributed by atoms with E-state index in [1.165, 1.54) is 21.9 Å². The minimum Gasteiger partial charge on any atom is -0.441 e. The van der Waals surface area contributed by atoms with Crippen molar-refractivity contribution in [3.63, 3.8) is 0 Å². The fraction of sp³-hybridized carbons (Fsp3) is 0.357. The van der Waals surface area contributed by atoms with Crippen molar-refractivity contribution in [3.8, 4) is 0 Å². The van der Waals surface area contributed by atoms with Crippen LogP contribution in [0.1, 0.15) is 0 Å². The maximum absolute atomic E-state index is 14.4. The van der Waals surface area contributed by atoms with E-state index < -0.39 is 18.0 Å². The molecule has 2 rings (SSSR count). The molecular weight excluding hydrogens is 351 g/mol. The largest absolute Gasteiger partial charge is 0.441 e. The molecule has 1 fully saturated rings. The monoisotopic (exact) mass is 370 g/mol. The number of carbonyl (C=O) groups excluding carboxylic acids is 1. The Balaban J connectivity index is 2.08. The van der Waals surface area contributed by atoms with Crippen LogP contribution < -0.4 is 26.4 Å². The van der Waals surface area contributed by atoms with E-state index in [4.69, 9.17) is 33.3 Å². The molecule has 0 aromatic heterocycles. The molecule has 0 radical (unpaired) electrons. The summed E-state index contributed by atoms with van der Waals surface area (Å²) in [7, 11) is 0. The summed E-state index contributed by atoms with van der Waals surface area (Å²) in [6.45, 7) is 0.475. The molecular formula is C14H19FN6O3S. The highest BCUT2D eigenvalue weighted by atomic mass is 32.1. The van der Waals surface area contributed by atoms with Crippen LogP contribution in [-0.2, 0) is 4.74 Å². The molecule has 11 heteroatoms. The van der Waals surface area contributed by atoms with Gasteiger partial charge in [0.25, 0.3) is 0 Å². The Morgan fingerprint density at radius 2 is 2.40 bits per heavy atom. The lowest BCUT2D eigenvalue weighted by molar-refractivity contribution is 0.0963. The second-order valence-electron chi connectivity index (χ2n) is 5.16. The van der Waals surface area contributed by atoms with Gasteiger partial charge < -0.3 is 25.5 Å². The third-order valence-corrected chi connectivity index (χ3v) is 3.82. The molecule has 1 aliphatic heterocycles. The zero-order valence-electron chi connectivity index (χ0n) is 13.2. The lowest BCUT2D eigenvalue weighted by atomic mass is 10.2. The number of hydrazine groups is 1. The summed E-state index contributed by atoms with van der Waals surface area (Å²) >= 11 is 4.83. The molecule has 9 nitrogen and oxygen atoms in total. The van der Waals surface area contributed by atoms with Crippen molar-refractivity contribution in [2.45, 2.75) is 6.10 Å². The van der Waals surface area contributed by atoms with Crippen LogP contribution in [0.2, 0.25) is 0 Å². The minimum absolute atomic E-state index is 0.149. The van der Waals surface area contributed by atoms with E-state index in [2.05, 4.69) is 10.7 Å². The highest BCUT2D eigenvalue weighted by Crippen LogP contribution is 2.27. The maximum atomic E-state index is 14.4. The molecule has 1 saturated heterocycles. The summed E-state index contributed by atoms with van der Waals surface area (Å²) in [5.41, 5.74) is 2.76. The Labute approximate surface area is 149 Å². The number of nitrogens with zero attached hydrogens (tertiary/aromatic N) is 2. The second-order valence-corrected chi connectivity index (χ2v) is 5.57. The number of aliphatic hydroxyl groups is 1. The normalized spacial score (nSPS) is 16.4. The van der Waals surface area contributed by atoms with Gasteiger partial charge >= 0.3 is 6.09 Å². The van der Waals surface area contributed by atoms with Crippen LogP contribution in [0.3, 0.4) is 0 Å². The summed E-state index contributed by atoms with van der Waals surface area (Å²) < 4.78 is 19.4. The number of thiocarbonyl (C=S) groups is 1. The molecule has 1 aromatic carbocycles. The molecule has 0 spiro atoms. The SMILES string of the molecule is N=CN(CCNC(=S)NN)c1ccc(N2CC(CO)OC2=O)cc1F. The van der Waals surface area contributed by atoms with Gasteiger partial charge in [-0.25, -0.2) is 15.0 Å². The van der Waals surface area contributed by atoms with Gasteiger partial charge in [-0.15, -0.1) is 0 Å². The Bertz CT molecular complexity index is 661. The van der Waals surface area contributed by atoms with Crippen molar-refractivity contribution in [2.75, 3.05) is 36.0 Å². The van der Waals surface area contributed by atoms with E-state index in [0.717, 1.165) is 6.34 Å². The molecule has 25 heavy (non-hydrogen) atoms. The van der Waals surface area contributed by atoms with Gasteiger partial charge in [0, 0.05) is 13.1 Å². The Hall–Kier alpha value is -2.50. The van der Waals surface area contributed by atoms with E-state index in [1.807, 2.05) is 0 Å². The van der Waals surface area contributed by atoms with Crippen molar-refractivity contribution in [1.82, 2.24) is 10.7 Å². The molecule has 1 aromatic rings. The molecule has 1 unspecified atom stereocenters. The lowest BCUT2D eigenvalue weighted by Gasteiger charge is -2.21. The first-order chi connectivity index (χ1) is 12.0. The molecule has 1 heterocycles. The minimum atomic E-state index is -0.637. The van der Waals surface area contributed by atoms with Gasteiger partial charge in [-0.2, -0.15) is 0 Å². The number of benzene rings is 1. The van der Waals surface area contributed by atoms with Gasteiger partial charge in [0.15, 0.2) is 5.11 Å². The lowest BCUT2D eigenvalue weighted by Crippen LogP contribution is -2.43. The number of nitrogens with two attached hydrogens (primary N) is 1. The smallest absolute Gasteiger partial charge is 0.414 e. The summed E-state index contributed by atoms with van der Waals surface area (Å²) in [5, 5.41) is 19.5. The molecule has 136 valence electrons. The van der Waals surface area contributed by atoms with Crippen LogP contribution in [0.4, 0.5) is 20.6 Å². The Morgan fingerprint density at radius 3 is 2.96 bits per heavy atom. The first-order valence-electron chi connectivity index (χ1n) is 7.40. The fourth-order valence-corrected chi connectivity index (χ4v) is 2.42. The van der Waals surface area contributed by atoms with Crippen LogP contribution in [0.5, 0.6) is 0 Å². The number of anilines is 2. The molecule has 0 bridgehead atoms. The number of cyclic esters (lactones) is 1.